The van der Waals surface area contributed by atoms with Crippen molar-refractivity contribution in [1.29, 1.82) is 0 Å². The predicted molar refractivity (Wildman–Crippen MR) is 76.3 cm³/mol. The predicted octanol–water partition coefficient (Wildman–Crippen LogP) is 0.758. The summed E-state index contributed by atoms with van der Waals surface area (Å²) < 4.78 is 0. The first-order valence-corrected chi connectivity index (χ1v) is 6.09. The number of anilines is 1. The van der Waals surface area contributed by atoms with Gasteiger partial charge in [0.1, 0.15) is 0 Å². The van der Waals surface area contributed by atoms with E-state index < -0.39 is 0 Å². The van der Waals surface area contributed by atoms with Crippen LogP contribution in [-0.2, 0) is 6.54 Å². The summed E-state index contributed by atoms with van der Waals surface area (Å²) in [4.78, 5) is 13.0. The van der Waals surface area contributed by atoms with Gasteiger partial charge in [0.2, 0.25) is 5.95 Å². The van der Waals surface area contributed by atoms with Crippen LogP contribution in [0.5, 0.6) is 0 Å². The van der Waals surface area contributed by atoms with E-state index in [0.29, 0.717) is 6.04 Å². The molecule has 1 fully saturated rings. The Labute approximate surface area is 115 Å². The van der Waals surface area contributed by atoms with Gasteiger partial charge in [0, 0.05) is 64.3 Å². The average Bonchev–Trinajstić information content (AvgIpc) is 2.29. The lowest BCUT2D eigenvalue weighted by Crippen LogP contribution is -2.48. The molecule has 1 atom stereocenters. The van der Waals surface area contributed by atoms with Gasteiger partial charge in [-0.25, -0.2) is 9.97 Å². The van der Waals surface area contributed by atoms with Crippen LogP contribution in [-0.4, -0.2) is 54.6 Å². The lowest BCUT2D eigenvalue weighted by Gasteiger charge is -2.31. The number of rotatable bonds is 3. The maximum atomic E-state index is 4.34. The molecule has 18 heavy (non-hydrogen) atoms. The molecule has 1 N–H and O–H groups in total. The Morgan fingerprint density at radius 3 is 2.61 bits per heavy atom. The largest absolute Gasteiger partial charge is 0.347 e. The summed E-state index contributed by atoms with van der Waals surface area (Å²) in [6.45, 7) is 6.42. The van der Waals surface area contributed by atoms with Gasteiger partial charge < -0.3 is 10.2 Å². The van der Waals surface area contributed by atoms with Crippen molar-refractivity contribution in [2.24, 2.45) is 0 Å². The summed E-state index contributed by atoms with van der Waals surface area (Å²) in [5.74, 6) is 0.766. The molecule has 1 aromatic heterocycles. The SMILES string of the molecule is C[C@H]1CN(Cc2cnc(N(C)C)nc2)CCN1.Cl. The van der Waals surface area contributed by atoms with Crippen molar-refractivity contribution < 1.29 is 0 Å². The number of halogens is 1. The van der Waals surface area contributed by atoms with Gasteiger partial charge in [0.15, 0.2) is 0 Å². The van der Waals surface area contributed by atoms with Crippen molar-refractivity contribution in [3.8, 4) is 0 Å². The van der Waals surface area contributed by atoms with Crippen LogP contribution in [0.15, 0.2) is 12.4 Å². The molecule has 0 aromatic carbocycles. The van der Waals surface area contributed by atoms with Crippen molar-refractivity contribution in [3.05, 3.63) is 18.0 Å². The molecule has 0 radical (unpaired) electrons. The number of piperazine rings is 1. The quantitative estimate of drug-likeness (QED) is 0.879. The highest BCUT2D eigenvalue weighted by molar-refractivity contribution is 5.85. The second-order valence-electron chi connectivity index (χ2n) is 4.88. The second kappa shape index (κ2) is 6.87. The van der Waals surface area contributed by atoms with Gasteiger partial charge >= 0.3 is 0 Å². The Bertz CT molecular complexity index is 354. The van der Waals surface area contributed by atoms with Gasteiger partial charge in [-0.15, -0.1) is 12.4 Å². The molecule has 1 aliphatic rings. The zero-order valence-corrected chi connectivity index (χ0v) is 12.1. The van der Waals surface area contributed by atoms with Gasteiger partial charge in [-0.1, -0.05) is 0 Å². The average molecular weight is 272 g/mol. The number of nitrogens with zero attached hydrogens (tertiary/aromatic N) is 4. The Hall–Kier alpha value is -0.910. The van der Waals surface area contributed by atoms with E-state index >= 15 is 0 Å². The van der Waals surface area contributed by atoms with Crippen molar-refractivity contribution in [2.75, 3.05) is 38.6 Å². The molecular weight excluding hydrogens is 250 g/mol. The third-order valence-corrected chi connectivity index (χ3v) is 2.95. The van der Waals surface area contributed by atoms with E-state index in [-0.39, 0.29) is 12.4 Å². The Morgan fingerprint density at radius 1 is 1.39 bits per heavy atom. The van der Waals surface area contributed by atoms with E-state index in [1.165, 1.54) is 5.56 Å². The Morgan fingerprint density at radius 2 is 2.06 bits per heavy atom. The van der Waals surface area contributed by atoms with E-state index in [1.54, 1.807) is 0 Å². The highest BCUT2D eigenvalue weighted by atomic mass is 35.5. The molecular formula is C12H22ClN5. The molecule has 0 saturated carbocycles. The fraction of sp³-hybridized carbons (Fsp3) is 0.667. The summed E-state index contributed by atoms with van der Waals surface area (Å²) >= 11 is 0. The second-order valence-corrected chi connectivity index (χ2v) is 4.88. The molecule has 0 amide bonds. The normalized spacial score (nSPS) is 20.3. The van der Waals surface area contributed by atoms with Crippen molar-refractivity contribution in [1.82, 2.24) is 20.2 Å². The summed E-state index contributed by atoms with van der Waals surface area (Å²) in [7, 11) is 3.90. The zero-order chi connectivity index (χ0) is 12.3. The summed E-state index contributed by atoms with van der Waals surface area (Å²) in [6, 6.07) is 0.575. The fourth-order valence-electron chi connectivity index (χ4n) is 2.07. The van der Waals surface area contributed by atoms with Crippen LogP contribution in [0.2, 0.25) is 0 Å². The van der Waals surface area contributed by atoms with Crippen LogP contribution >= 0.6 is 12.4 Å². The first-order valence-electron chi connectivity index (χ1n) is 6.09. The summed E-state index contributed by atoms with van der Waals surface area (Å²) in [6.07, 6.45) is 3.85. The number of hydrogen-bond donors (Lipinski definition) is 1. The van der Waals surface area contributed by atoms with Gasteiger partial charge in [0.05, 0.1) is 0 Å². The van der Waals surface area contributed by atoms with Crippen LogP contribution in [0.1, 0.15) is 12.5 Å². The number of hydrogen-bond acceptors (Lipinski definition) is 5. The zero-order valence-electron chi connectivity index (χ0n) is 11.3. The molecule has 0 aliphatic carbocycles. The molecule has 2 heterocycles. The van der Waals surface area contributed by atoms with E-state index in [9.17, 15) is 0 Å². The molecule has 0 spiro atoms. The molecule has 6 heteroatoms. The Kier molecular flexibility index (Phi) is 5.78. The van der Waals surface area contributed by atoms with Crippen molar-refractivity contribution >= 4 is 18.4 Å². The molecule has 1 aromatic rings. The molecule has 102 valence electrons. The van der Waals surface area contributed by atoms with Gasteiger partial charge in [-0.3, -0.25) is 4.90 Å². The van der Waals surface area contributed by atoms with Crippen molar-refractivity contribution in [3.63, 3.8) is 0 Å². The van der Waals surface area contributed by atoms with Crippen LogP contribution in [0, 0.1) is 0 Å². The summed E-state index contributed by atoms with van der Waals surface area (Å²) in [5, 5.41) is 3.44. The molecule has 0 unspecified atom stereocenters. The van der Waals surface area contributed by atoms with Crippen LogP contribution in [0.3, 0.4) is 0 Å². The number of aromatic nitrogens is 2. The van der Waals surface area contributed by atoms with Crippen LogP contribution < -0.4 is 10.2 Å². The van der Waals surface area contributed by atoms with Crippen LogP contribution in [0.25, 0.3) is 0 Å². The van der Waals surface area contributed by atoms with E-state index in [4.69, 9.17) is 0 Å². The van der Waals surface area contributed by atoms with Crippen molar-refractivity contribution in [2.45, 2.75) is 19.5 Å². The minimum atomic E-state index is 0. The minimum absolute atomic E-state index is 0. The molecule has 5 nitrogen and oxygen atoms in total. The molecule has 0 bridgehead atoms. The van der Waals surface area contributed by atoms with Crippen LogP contribution in [0.4, 0.5) is 5.95 Å². The summed E-state index contributed by atoms with van der Waals surface area (Å²) in [5.41, 5.74) is 1.18. The van der Waals surface area contributed by atoms with E-state index in [2.05, 4.69) is 27.1 Å². The maximum absolute atomic E-state index is 4.34. The molecule has 1 aliphatic heterocycles. The molecule has 1 saturated heterocycles. The van der Waals surface area contributed by atoms with Gasteiger partial charge in [-0.2, -0.15) is 0 Å². The smallest absolute Gasteiger partial charge is 0.224 e. The van der Waals surface area contributed by atoms with E-state index in [0.717, 1.165) is 32.1 Å². The topological polar surface area (TPSA) is 44.3 Å². The standard InChI is InChI=1S/C12H21N5.ClH/c1-10-8-17(5-4-13-10)9-11-6-14-12(15-7-11)16(2)3;/h6-7,10,13H,4-5,8-9H2,1-3H3;1H/t10-;/m0./s1. The maximum Gasteiger partial charge on any atom is 0.224 e. The first-order chi connectivity index (χ1) is 8.15. The fourth-order valence-corrected chi connectivity index (χ4v) is 2.07. The highest BCUT2D eigenvalue weighted by Crippen LogP contribution is 2.08. The number of nitrogens with one attached hydrogen (secondary N) is 1. The Balaban J connectivity index is 0.00000162. The van der Waals surface area contributed by atoms with Gasteiger partial charge in [0.25, 0.3) is 0 Å². The minimum Gasteiger partial charge on any atom is -0.347 e. The lowest BCUT2D eigenvalue weighted by atomic mass is 10.2. The van der Waals surface area contributed by atoms with E-state index in [1.807, 2.05) is 31.4 Å². The lowest BCUT2D eigenvalue weighted by molar-refractivity contribution is 0.199. The molecule has 2 rings (SSSR count). The third-order valence-electron chi connectivity index (χ3n) is 2.95. The first kappa shape index (κ1) is 15.1. The third kappa shape index (κ3) is 4.08. The highest BCUT2D eigenvalue weighted by Gasteiger charge is 2.15. The van der Waals surface area contributed by atoms with Gasteiger partial charge in [-0.05, 0) is 6.92 Å². The monoisotopic (exact) mass is 271 g/mol.